The number of hydrogen-bond donors (Lipinski definition) is 0. The number of halogens is 11. The van der Waals surface area contributed by atoms with E-state index in [2.05, 4.69) is 0 Å². The number of hydrogen-bond acceptors (Lipinski definition) is 0. The van der Waals surface area contributed by atoms with Crippen molar-refractivity contribution in [3.63, 3.8) is 0 Å². The smallest absolute Gasteiger partial charge is 0.226 e. The van der Waals surface area contributed by atoms with Gasteiger partial charge in [0.25, 0.3) is 5.67 Å². The van der Waals surface area contributed by atoms with Crippen molar-refractivity contribution in [3.05, 3.63) is 6.43 Å². The van der Waals surface area contributed by atoms with E-state index in [1.54, 1.807) is 0 Å². The van der Waals surface area contributed by atoms with Gasteiger partial charge in [0.1, 0.15) is 0 Å². The fourth-order valence-corrected chi connectivity index (χ4v) is 0.680. The summed E-state index contributed by atoms with van der Waals surface area (Å²) in [6.45, 7) is 0. The van der Waals surface area contributed by atoms with Crippen molar-refractivity contribution in [1.29, 1.82) is 0 Å². The molecule has 0 saturated carbocycles. The Labute approximate surface area is 86.4 Å². The largest absolute Gasteiger partial charge is 0.453 e. The molecular weight excluding hydrogens is 281 g/mol. The van der Waals surface area contributed by atoms with Gasteiger partial charge in [-0.15, -0.1) is 0 Å². The maximum Gasteiger partial charge on any atom is 0.453 e. The Balaban J connectivity index is 5.32. The number of alkyl halides is 9. The molecule has 11 heteroatoms. The molecule has 0 spiro atoms. The van der Waals surface area contributed by atoms with Gasteiger partial charge < -0.3 is 0 Å². The minimum absolute atomic E-state index is 3.75. The van der Waals surface area contributed by atoms with Gasteiger partial charge in [-0.05, 0) is 0 Å². The Hall–Kier alpha value is -0.770. The second kappa shape index (κ2) is 4.16. The van der Waals surface area contributed by atoms with E-state index in [0.717, 1.165) is 0 Å². The lowest BCUT2D eigenvalue weighted by molar-refractivity contribution is -0.321. The first-order valence-corrected chi connectivity index (χ1v) is 3.54. The molecule has 0 aromatic rings. The molecule has 0 heterocycles. The third-order valence-electron chi connectivity index (χ3n) is 1.63. The maximum absolute atomic E-state index is 12.6. The van der Waals surface area contributed by atoms with E-state index < -0.39 is 36.8 Å². The summed E-state index contributed by atoms with van der Waals surface area (Å²) in [4.78, 5) is 0. The van der Waals surface area contributed by atoms with Crippen LogP contribution in [0.25, 0.3) is 0 Å². The molecule has 0 aromatic heterocycles. The van der Waals surface area contributed by atoms with Crippen LogP contribution in [0.4, 0.5) is 48.3 Å². The zero-order valence-electron chi connectivity index (χ0n) is 7.36. The van der Waals surface area contributed by atoms with Crippen molar-refractivity contribution in [1.82, 2.24) is 0 Å². The Bertz CT molecular complexity index is 260. The molecule has 0 nitrogen and oxygen atoms in total. The van der Waals surface area contributed by atoms with Crippen molar-refractivity contribution < 1.29 is 48.3 Å². The summed E-state index contributed by atoms with van der Waals surface area (Å²) in [6.07, 6.45) is -21.1. The summed E-state index contributed by atoms with van der Waals surface area (Å²) in [6, 6.07) is 0. The number of rotatable bonds is 3. The van der Waals surface area contributed by atoms with E-state index in [4.69, 9.17) is 0 Å². The van der Waals surface area contributed by atoms with Crippen molar-refractivity contribution in [2.75, 3.05) is 0 Å². The van der Waals surface area contributed by atoms with Gasteiger partial charge in [-0.1, -0.05) is 0 Å². The molecule has 0 aliphatic heterocycles. The molecule has 0 N–H and O–H groups in total. The summed E-state index contributed by atoms with van der Waals surface area (Å²) in [5.74, 6) is -6.24. The zero-order chi connectivity index (χ0) is 14.3. The summed E-state index contributed by atoms with van der Waals surface area (Å²) in [7, 11) is 0. The SMILES string of the molecule is F[C](F)C(F)(CC(F)(F)C(F)(F)F)C(F)(F)F. The molecule has 1 unspecified atom stereocenters. The van der Waals surface area contributed by atoms with E-state index in [9.17, 15) is 48.3 Å². The van der Waals surface area contributed by atoms with Crippen LogP contribution in [0.5, 0.6) is 0 Å². The van der Waals surface area contributed by atoms with Crippen molar-refractivity contribution in [2.45, 2.75) is 30.4 Å². The topological polar surface area (TPSA) is 0 Å². The van der Waals surface area contributed by atoms with Crippen LogP contribution in [0, 0.1) is 6.43 Å². The van der Waals surface area contributed by atoms with E-state index in [0.29, 0.717) is 0 Å². The molecule has 1 radical (unpaired) electrons. The quantitative estimate of drug-likeness (QED) is 0.678. The first-order chi connectivity index (χ1) is 7.15. The second-order valence-electron chi connectivity index (χ2n) is 2.94. The average molecular weight is 283 g/mol. The van der Waals surface area contributed by atoms with E-state index in [-0.39, 0.29) is 0 Å². The Kier molecular flexibility index (Phi) is 3.97. The van der Waals surface area contributed by atoms with Crippen LogP contribution in [0.15, 0.2) is 0 Å². The maximum atomic E-state index is 12.6. The van der Waals surface area contributed by atoms with Gasteiger partial charge in [0.2, 0.25) is 0 Å². The highest BCUT2D eigenvalue weighted by molar-refractivity contribution is 5.04. The van der Waals surface area contributed by atoms with Crippen LogP contribution < -0.4 is 0 Å². The minimum atomic E-state index is -6.58. The van der Waals surface area contributed by atoms with Crippen LogP contribution in [0.3, 0.4) is 0 Å². The monoisotopic (exact) mass is 283 g/mol. The lowest BCUT2D eigenvalue weighted by atomic mass is 9.97. The fourth-order valence-electron chi connectivity index (χ4n) is 0.680. The molecule has 17 heavy (non-hydrogen) atoms. The molecule has 0 rings (SSSR count). The Morgan fingerprint density at radius 2 is 1.00 bits per heavy atom. The van der Waals surface area contributed by atoms with Gasteiger partial charge in [-0.2, -0.15) is 43.9 Å². The van der Waals surface area contributed by atoms with Crippen LogP contribution in [-0.2, 0) is 0 Å². The van der Waals surface area contributed by atoms with Gasteiger partial charge in [0.15, 0.2) is 0 Å². The molecule has 0 aromatic carbocycles. The standard InChI is InChI=1S/C6H2F11/c7-2(8)3(9,5(12,13)14)1-4(10,11)6(15,16)17/h1H2. The van der Waals surface area contributed by atoms with E-state index in [1.807, 2.05) is 0 Å². The molecule has 0 amide bonds. The van der Waals surface area contributed by atoms with Crippen LogP contribution >= 0.6 is 0 Å². The molecule has 1 atom stereocenters. The minimum Gasteiger partial charge on any atom is -0.226 e. The van der Waals surface area contributed by atoms with Crippen LogP contribution in [0.2, 0.25) is 0 Å². The zero-order valence-corrected chi connectivity index (χ0v) is 7.36. The molecule has 0 saturated heterocycles. The molecular formula is C6H2F11. The first-order valence-electron chi connectivity index (χ1n) is 3.54. The van der Waals surface area contributed by atoms with E-state index >= 15 is 0 Å². The van der Waals surface area contributed by atoms with Crippen LogP contribution in [0.1, 0.15) is 6.42 Å². The predicted octanol–water partition coefficient (Wildman–Crippen LogP) is 4.27. The third-order valence-corrected chi connectivity index (χ3v) is 1.63. The summed E-state index contributed by atoms with van der Waals surface area (Å²) >= 11 is 0. The lowest BCUT2D eigenvalue weighted by Gasteiger charge is -2.30. The van der Waals surface area contributed by atoms with Gasteiger partial charge in [0, 0.05) is 0 Å². The summed E-state index contributed by atoms with van der Waals surface area (Å²) < 4.78 is 130. The molecule has 103 valence electrons. The van der Waals surface area contributed by atoms with Gasteiger partial charge in [0.05, 0.1) is 6.42 Å². The van der Waals surface area contributed by atoms with Crippen molar-refractivity contribution in [2.24, 2.45) is 0 Å². The normalized spacial score (nSPS) is 18.4. The molecule has 0 aliphatic carbocycles. The Morgan fingerprint density at radius 1 is 0.647 bits per heavy atom. The highest BCUT2D eigenvalue weighted by Crippen LogP contribution is 2.51. The molecule has 0 aliphatic rings. The molecule has 0 fully saturated rings. The summed E-state index contributed by atoms with van der Waals surface area (Å²) in [5, 5.41) is 0. The van der Waals surface area contributed by atoms with Gasteiger partial charge >= 0.3 is 24.7 Å². The Morgan fingerprint density at radius 3 is 1.18 bits per heavy atom. The van der Waals surface area contributed by atoms with Gasteiger partial charge in [-0.3, -0.25) is 0 Å². The highest BCUT2D eigenvalue weighted by Gasteiger charge is 2.72. The summed E-state index contributed by atoms with van der Waals surface area (Å²) in [5.41, 5.74) is -6.01. The molecule has 0 bridgehead atoms. The van der Waals surface area contributed by atoms with E-state index in [1.165, 1.54) is 0 Å². The van der Waals surface area contributed by atoms with Gasteiger partial charge in [-0.25, -0.2) is 4.39 Å². The fraction of sp³-hybridized carbons (Fsp3) is 0.833. The predicted molar refractivity (Wildman–Crippen MR) is 31.0 cm³/mol. The van der Waals surface area contributed by atoms with Crippen LogP contribution in [-0.4, -0.2) is 23.9 Å². The highest BCUT2D eigenvalue weighted by atomic mass is 19.4. The van der Waals surface area contributed by atoms with Crippen molar-refractivity contribution in [3.8, 4) is 0 Å². The first kappa shape index (κ1) is 16.2. The van der Waals surface area contributed by atoms with Crippen molar-refractivity contribution >= 4 is 0 Å². The third kappa shape index (κ3) is 3.12. The lowest BCUT2D eigenvalue weighted by Crippen LogP contribution is -2.51. The second-order valence-corrected chi connectivity index (χ2v) is 2.94. The average Bonchev–Trinajstić information content (AvgIpc) is 1.98.